The van der Waals surface area contributed by atoms with Crippen molar-refractivity contribution in [2.45, 2.75) is 18.6 Å². The number of benzene rings is 3. The van der Waals surface area contributed by atoms with E-state index in [0.717, 1.165) is 11.1 Å². The second-order valence-electron chi connectivity index (χ2n) is 6.11. The summed E-state index contributed by atoms with van der Waals surface area (Å²) < 4.78 is 0. The lowest BCUT2D eigenvalue weighted by atomic mass is 9.96. The van der Waals surface area contributed by atoms with Crippen molar-refractivity contribution in [2.75, 3.05) is 0 Å². The predicted molar refractivity (Wildman–Crippen MR) is 104 cm³/mol. The molecular weight excluding hydrogens is 346 g/mol. The number of carbonyl (C=O) groups is 1. The molecule has 0 heterocycles. The molecule has 3 nitrogen and oxygen atoms in total. The minimum atomic E-state index is -0.674. The summed E-state index contributed by atoms with van der Waals surface area (Å²) in [6.45, 7) is 0. The molecule has 0 fully saturated rings. The molecule has 0 aliphatic rings. The molecule has 0 spiro atoms. The van der Waals surface area contributed by atoms with Crippen molar-refractivity contribution in [2.24, 2.45) is 0 Å². The van der Waals surface area contributed by atoms with Gasteiger partial charge in [-0.2, -0.15) is 0 Å². The summed E-state index contributed by atoms with van der Waals surface area (Å²) in [5.74, 6) is -0.198. The zero-order valence-corrected chi connectivity index (χ0v) is 14.9. The van der Waals surface area contributed by atoms with Crippen LogP contribution in [-0.2, 0) is 0 Å². The SMILES string of the molecule is O=C(N[C@@H](C[C@H](O)c1ccccc1)c1ccccc1)c1ccc(Cl)cc1. The summed E-state index contributed by atoms with van der Waals surface area (Å²) in [6.07, 6.45) is -0.292. The van der Waals surface area contributed by atoms with E-state index in [-0.39, 0.29) is 11.9 Å². The fourth-order valence-corrected chi connectivity index (χ4v) is 2.97. The molecule has 3 aromatic rings. The van der Waals surface area contributed by atoms with Crippen LogP contribution < -0.4 is 5.32 Å². The van der Waals surface area contributed by atoms with Crippen LogP contribution in [0.25, 0.3) is 0 Å². The van der Waals surface area contributed by atoms with Crippen molar-refractivity contribution in [3.8, 4) is 0 Å². The highest BCUT2D eigenvalue weighted by atomic mass is 35.5. The van der Waals surface area contributed by atoms with E-state index in [1.807, 2.05) is 60.7 Å². The van der Waals surface area contributed by atoms with Gasteiger partial charge in [0.2, 0.25) is 0 Å². The van der Waals surface area contributed by atoms with Crippen LogP contribution in [0.15, 0.2) is 84.9 Å². The monoisotopic (exact) mass is 365 g/mol. The number of hydrogen-bond donors (Lipinski definition) is 2. The molecule has 26 heavy (non-hydrogen) atoms. The summed E-state index contributed by atoms with van der Waals surface area (Å²) in [6, 6.07) is 25.6. The van der Waals surface area contributed by atoms with Gasteiger partial charge in [0.15, 0.2) is 0 Å². The van der Waals surface area contributed by atoms with Gasteiger partial charge in [0, 0.05) is 17.0 Å². The summed E-state index contributed by atoms with van der Waals surface area (Å²) in [4.78, 5) is 12.6. The van der Waals surface area contributed by atoms with Crippen LogP contribution in [0.2, 0.25) is 5.02 Å². The van der Waals surface area contributed by atoms with E-state index in [4.69, 9.17) is 11.6 Å². The number of rotatable bonds is 6. The van der Waals surface area contributed by atoms with Crippen molar-refractivity contribution in [1.29, 1.82) is 0 Å². The molecule has 0 saturated heterocycles. The van der Waals surface area contributed by atoms with Crippen molar-refractivity contribution >= 4 is 17.5 Å². The van der Waals surface area contributed by atoms with Gasteiger partial charge in [0.25, 0.3) is 5.91 Å². The van der Waals surface area contributed by atoms with Crippen LogP contribution in [0, 0.1) is 0 Å². The summed E-state index contributed by atoms with van der Waals surface area (Å²) in [5.41, 5.74) is 2.31. The lowest BCUT2D eigenvalue weighted by Gasteiger charge is -2.22. The van der Waals surface area contributed by atoms with Crippen LogP contribution in [0.5, 0.6) is 0 Å². The molecule has 2 atom stereocenters. The van der Waals surface area contributed by atoms with E-state index in [0.29, 0.717) is 17.0 Å². The van der Waals surface area contributed by atoms with Gasteiger partial charge in [-0.1, -0.05) is 72.3 Å². The summed E-state index contributed by atoms with van der Waals surface area (Å²) in [7, 11) is 0. The normalized spacial score (nSPS) is 13.0. The van der Waals surface area contributed by atoms with E-state index < -0.39 is 6.10 Å². The zero-order valence-electron chi connectivity index (χ0n) is 14.2. The average Bonchev–Trinajstić information content (AvgIpc) is 2.69. The average molecular weight is 366 g/mol. The van der Waals surface area contributed by atoms with Gasteiger partial charge in [-0.15, -0.1) is 0 Å². The molecule has 0 radical (unpaired) electrons. The molecule has 132 valence electrons. The van der Waals surface area contributed by atoms with E-state index in [9.17, 15) is 9.90 Å². The number of amides is 1. The van der Waals surface area contributed by atoms with Gasteiger partial charge < -0.3 is 10.4 Å². The molecule has 0 aliphatic carbocycles. The Labute approximate surface area is 158 Å². The minimum absolute atomic E-state index is 0.198. The van der Waals surface area contributed by atoms with E-state index in [1.165, 1.54) is 0 Å². The van der Waals surface area contributed by atoms with Crippen LogP contribution in [0.1, 0.15) is 40.1 Å². The molecule has 0 bridgehead atoms. The van der Waals surface area contributed by atoms with Crippen molar-refractivity contribution in [3.05, 3.63) is 107 Å². The fourth-order valence-electron chi connectivity index (χ4n) is 2.84. The molecule has 0 aliphatic heterocycles. The molecule has 1 amide bonds. The predicted octanol–water partition coefficient (Wildman–Crippen LogP) is 4.93. The lowest BCUT2D eigenvalue weighted by Crippen LogP contribution is -2.29. The third-order valence-electron chi connectivity index (χ3n) is 4.26. The number of aliphatic hydroxyl groups excluding tert-OH is 1. The number of halogens is 1. The zero-order chi connectivity index (χ0) is 18.4. The molecule has 2 N–H and O–H groups in total. The topological polar surface area (TPSA) is 49.3 Å². The smallest absolute Gasteiger partial charge is 0.251 e. The van der Waals surface area contributed by atoms with Crippen molar-refractivity contribution in [1.82, 2.24) is 5.32 Å². The maximum absolute atomic E-state index is 12.6. The summed E-state index contributed by atoms with van der Waals surface area (Å²) in [5, 5.41) is 14.2. The first-order valence-electron chi connectivity index (χ1n) is 8.48. The maximum Gasteiger partial charge on any atom is 0.251 e. The first-order valence-corrected chi connectivity index (χ1v) is 8.85. The molecule has 0 unspecified atom stereocenters. The van der Waals surface area contributed by atoms with E-state index in [2.05, 4.69) is 5.32 Å². The quantitative estimate of drug-likeness (QED) is 0.650. The van der Waals surface area contributed by atoms with Crippen LogP contribution >= 0.6 is 11.6 Å². The first-order chi connectivity index (χ1) is 12.6. The standard InChI is InChI=1S/C22H20ClNO2/c23-19-13-11-18(12-14-19)22(26)24-20(16-7-3-1-4-8-16)15-21(25)17-9-5-2-6-10-17/h1-14,20-21,25H,15H2,(H,24,26)/t20-,21-/m0/s1. The maximum atomic E-state index is 12.6. The van der Waals surface area contributed by atoms with Gasteiger partial charge in [0.05, 0.1) is 12.1 Å². The third kappa shape index (κ3) is 4.72. The number of carbonyl (C=O) groups excluding carboxylic acids is 1. The van der Waals surface area contributed by atoms with Crippen LogP contribution in [0.4, 0.5) is 0 Å². The Morgan fingerprint density at radius 2 is 1.38 bits per heavy atom. The number of aliphatic hydroxyl groups is 1. The van der Waals surface area contributed by atoms with Crippen molar-refractivity contribution in [3.63, 3.8) is 0 Å². The Balaban J connectivity index is 1.79. The summed E-state index contributed by atoms with van der Waals surface area (Å²) >= 11 is 5.89. The Hall–Kier alpha value is -2.62. The molecule has 0 aromatic heterocycles. The fraction of sp³-hybridized carbons (Fsp3) is 0.136. The lowest BCUT2D eigenvalue weighted by molar-refractivity contribution is 0.0909. The molecule has 3 aromatic carbocycles. The van der Waals surface area contributed by atoms with Gasteiger partial charge >= 0.3 is 0 Å². The van der Waals surface area contributed by atoms with E-state index >= 15 is 0 Å². The number of nitrogens with one attached hydrogen (secondary N) is 1. The van der Waals surface area contributed by atoms with Crippen LogP contribution in [0.3, 0.4) is 0 Å². The van der Waals surface area contributed by atoms with Gasteiger partial charge in [-0.3, -0.25) is 4.79 Å². The molecule has 0 saturated carbocycles. The van der Waals surface area contributed by atoms with Crippen molar-refractivity contribution < 1.29 is 9.90 Å². The van der Waals surface area contributed by atoms with Gasteiger partial charge in [-0.05, 0) is 35.4 Å². The second-order valence-corrected chi connectivity index (χ2v) is 6.54. The van der Waals surface area contributed by atoms with Crippen LogP contribution in [-0.4, -0.2) is 11.0 Å². The highest BCUT2D eigenvalue weighted by Crippen LogP contribution is 2.27. The molecular formula is C22H20ClNO2. The Morgan fingerprint density at radius 3 is 1.96 bits per heavy atom. The second kappa shape index (κ2) is 8.65. The van der Waals surface area contributed by atoms with E-state index in [1.54, 1.807) is 24.3 Å². The Morgan fingerprint density at radius 1 is 0.846 bits per heavy atom. The number of hydrogen-bond acceptors (Lipinski definition) is 2. The Bertz CT molecular complexity index is 835. The molecule has 3 rings (SSSR count). The first kappa shape index (κ1) is 18.2. The minimum Gasteiger partial charge on any atom is -0.388 e. The highest BCUT2D eigenvalue weighted by molar-refractivity contribution is 6.30. The van der Waals surface area contributed by atoms with Gasteiger partial charge in [0.1, 0.15) is 0 Å². The third-order valence-corrected chi connectivity index (χ3v) is 4.51. The highest BCUT2D eigenvalue weighted by Gasteiger charge is 2.20. The Kier molecular flexibility index (Phi) is 6.05. The molecule has 4 heteroatoms. The largest absolute Gasteiger partial charge is 0.388 e. The van der Waals surface area contributed by atoms with Gasteiger partial charge in [-0.25, -0.2) is 0 Å².